The molecule has 118 valence electrons. The number of hydrogen-bond acceptors (Lipinski definition) is 4. The predicted molar refractivity (Wildman–Crippen MR) is 88.2 cm³/mol. The summed E-state index contributed by atoms with van der Waals surface area (Å²) in [6.07, 6.45) is 3.26. The highest BCUT2D eigenvalue weighted by Gasteiger charge is 2.19. The van der Waals surface area contributed by atoms with Crippen molar-refractivity contribution in [1.82, 2.24) is 9.55 Å². The summed E-state index contributed by atoms with van der Waals surface area (Å²) in [7, 11) is 5.03. The summed E-state index contributed by atoms with van der Waals surface area (Å²) in [6.45, 7) is 0. The summed E-state index contributed by atoms with van der Waals surface area (Å²) in [4.78, 5) is 16.5. The van der Waals surface area contributed by atoms with Crippen LogP contribution in [-0.2, 0) is 7.05 Å². The van der Waals surface area contributed by atoms with E-state index in [1.165, 1.54) is 0 Å². The summed E-state index contributed by atoms with van der Waals surface area (Å²) in [6, 6.07) is 8.92. The highest BCUT2D eigenvalue weighted by Crippen LogP contribution is 2.35. The number of pyridine rings is 1. The largest absolute Gasteiger partial charge is 0.496 e. The zero-order valence-corrected chi connectivity index (χ0v) is 13.2. The van der Waals surface area contributed by atoms with Gasteiger partial charge in [-0.25, -0.2) is 0 Å². The fraction of sp³-hybridized carbons (Fsp3) is 0.176. The lowest BCUT2D eigenvalue weighted by molar-refractivity contribution is 0.102. The second-order valence-corrected chi connectivity index (χ2v) is 5.01. The van der Waals surface area contributed by atoms with Crippen LogP contribution in [0.3, 0.4) is 0 Å². The van der Waals surface area contributed by atoms with Gasteiger partial charge in [-0.1, -0.05) is 0 Å². The maximum absolute atomic E-state index is 12.6. The number of fused-ring (bicyclic) bond motifs is 1. The molecule has 0 fully saturated rings. The van der Waals surface area contributed by atoms with Crippen molar-refractivity contribution in [1.29, 1.82) is 0 Å². The van der Waals surface area contributed by atoms with Crippen LogP contribution in [0.1, 0.15) is 10.5 Å². The molecular weight excluding hydrogens is 294 g/mol. The van der Waals surface area contributed by atoms with E-state index < -0.39 is 0 Å². The van der Waals surface area contributed by atoms with Crippen molar-refractivity contribution in [3.05, 3.63) is 48.4 Å². The molecule has 2 heterocycles. The number of benzene rings is 1. The van der Waals surface area contributed by atoms with Gasteiger partial charge in [0.25, 0.3) is 5.91 Å². The van der Waals surface area contributed by atoms with Gasteiger partial charge >= 0.3 is 0 Å². The van der Waals surface area contributed by atoms with Gasteiger partial charge in [0.2, 0.25) is 0 Å². The number of nitrogens with zero attached hydrogens (tertiary/aromatic N) is 2. The molecule has 1 amide bonds. The maximum Gasteiger partial charge on any atom is 0.272 e. The molecule has 23 heavy (non-hydrogen) atoms. The number of amides is 1. The molecule has 0 saturated heterocycles. The molecule has 3 aromatic rings. The molecule has 6 heteroatoms. The third-order valence-electron chi connectivity index (χ3n) is 3.73. The first kappa shape index (κ1) is 14.9. The number of ether oxygens (including phenoxy) is 2. The van der Waals surface area contributed by atoms with Gasteiger partial charge in [-0.2, -0.15) is 0 Å². The van der Waals surface area contributed by atoms with Gasteiger partial charge in [-0.3, -0.25) is 9.78 Å². The average Bonchev–Trinajstić information content (AvgIpc) is 2.93. The molecule has 6 nitrogen and oxygen atoms in total. The molecule has 3 rings (SSSR count). The molecule has 1 N–H and O–H groups in total. The Hall–Kier alpha value is -3.02. The minimum Gasteiger partial charge on any atom is -0.496 e. The van der Waals surface area contributed by atoms with Gasteiger partial charge in [0.15, 0.2) is 0 Å². The number of nitrogens with one attached hydrogen (secondary N) is 1. The summed E-state index contributed by atoms with van der Waals surface area (Å²) in [5.41, 5.74) is 2.01. The minimum absolute atomic E-state index is 0.209. The van der Waals surface area contributed by atoms with E-state index in [0.29, 0.717) is 22.9 Å². The van der Waals surface area contributed by atoms with Crippen molar-refractivity contribution in [3.63, 3.8) is 0 Å². The molecule has 0 aliphatic heterocycles. The second kappa shape index (κ2) is 6.00. The van der Waals surface area contributed by atoms with E-state index in [4.69, 9.17) is 9.47 Å². The molecule has 0 radical (unpaired) electrons. The van der Waals surface area contributed by atoms with Crippen molar-refractivity contribution < 1.29 is 14.3 Å². The second-order valence-electron chi connectivity index (χ2n) is 5.01. The van der Waals surface area contributed by atoms with Crippen molar-refractivity contribution in [2.45, 2.75) is 0 Å². The Morgan fingerprint density at radius 2 is 1.74 bits per heavy atom. The number of rotatable bonds is 4. The molecule has 0 bridgehead atoms. The number of aromatic nitrogens is 2. The number of carbonyl (C=O) groups is 1. The quantitative estimate of drug-likeness (QED) is 0.804. The van der Waals surface area contributed by atoms with Gasteiger partial charge in [-0.05, 0) is 30.3 Å². The molecular formula is C17H17N3O3. The molecule has 0 unspecified atom stereocenters. The highest BCUT2D eigenvalue weighted by atomic mass is 16.5. The van der Waals surface area contributed by atoms with E-state index in [2.05, 4.69) is 10.3 Å². The Balaban J connectivity index is 2.08. The summed E-state index contributed by atoms with van der Waals surface area (Å²) >= 11 is 0. The van der Waals surface area contributed by atoms with Crippen LogP contribution in [0.4, 0.5) is 5.69 Å². The minimum atomic E-state index is -0.209. The standard InChI is InChI=1S/C17H17N3O3/c1-20-13(17(21)19-11-6-8-18-9-7-11)10-12-14(22-2)4-5-15(23-3)16(12)20/h4-10H,1-3H3,(H,18,19,21). The first-order valence-corrected chi connectivity index (χ1v) is 7.07. The number of methoxy groups -OCH3 is 2. The van der Waals surface area contributed by atoms with E-state index in [1.54, 1.807) is 49.4 Å². The average molecular weight is 311 g/mol. The monoisotopic (exact) mass is 311 g/mol. The zero-order valence-electron chi connectivity index (χ0n) is 13.2. The van der Waals surface area contributed by atoms with Gasteiger partial charge in [0, 0.05) is 30.5 Å². The Morgan fingerprint density at radius 3 is 2.39 bits per heavy atom. The molecule has 1 aromatic carbocycles. The van der Waals surface area contributed by atoms with Crippen LogP contribution in [0.15, 0.2) is 42.7 Å². The molecule has 0 atom stereocenters. The maximum atomic E-state index is 12.6. The van der Waals surface area contributed by atoms with Gasteiger partial charge in [0.05, 0.1) is 19.7 Å². The fourth-order valence-corrected chi connectivity index (χ4v) is 2.60. The summed E-state index contributed by atoms with van der Waals surface area (Å²) in [5, 5.41) is 3.68. The van der Waals surface area contributed by atoms with E-state index in [1.807, 2.05) is 19.2 Å². The zero-order chi connectivity index (χ0) is 16.4. The van der Waals surface area contributed by atoms with Gasteiger partial charge < -0.3 is 19.4 Å². The summed E-state index contributed by atoms with van der Waals surface area (Å²) < 4.78 is 12.6. The van der Waals surface area contributed by atoms with Crippen molar-refractivity contribution >= 4 is 22.5 Å². The topological polar surface area (TPSA) is 65.4 Å². The van der Waals surface area contributed by atoms with E-state index in [-0.39, 0.29) is 5.91 Å². The van der Waals surface area contributed by atoms with Gasteiger partial charge in [-0.15, -0.1) is 0 Å². The molecule has 2 aromatic heterocycles. The van der Waals surface area contributed by atoms with Crippen molar-refractivity contribution in [2.75, 3.05) is 19.5 Å². The lowest BCUT2D eigenvalue weighted by Gasteiger charge is -2.09. The normalized spacial score (nSPS) is 10.6. The number of carbonyl (C=O) groups excluding carboxylic acids is 1. The Morgan fingerprint density at radius 1 is 1.09 bits per heavy atom. The molecule has 0 aliphatic rings. The third kappa shape index (κ3) is 2.59. The molecule has 0 spiro atoms. The first-order valence-electron chi connectivity index (χ1n) is 7.07. The molecule has 0 aliphatic carbocycles. The Bertz CT molecular complexity index is 856. The van der Waals surface area contributed by atoms with E-state index in [0.717, 1.165) is 10.9 Å². The van der Waals surface area contributed by atoms with Crippen molar-refractivity contribution in [2.24, 2.45) is 7.05 Å². The fourth-order valence-electron chi connectivity index (χ4n) is 2.60. The van der Waals surface area contributed by atoms with Crippen LogP contribution in [0.5, 0.6) is 11.5 Å². The number of hydrogen-bond donors (Lipinski definition) is 1. The van der Waals surface area contributed by atoms with E-state index in [9.17, 15) is 4.79 Å². The first-order chi connectivity index (χ1) is 11.2. The smallest absolute Gasteiger partial charge is 0.272 e. The van der Waals surface area contributed by atoms with Gasteiger partial charge in [0.1, 0.15) is 17.2 Å². The van der Waals surface area contributed by atoms with E-state index >= 15 is 0 Å². The van der Waals surface area contributed by atoms with Crippen LogP contribution in [0, 0.1) is 0 Å². The number of anilines is 1. The van der Waals surface area contributed by atoms with Crippen LogP contribution in [0.2, 0.25) is 0 Å². The van der Waals surface area contributed by atoms with Crippen LogP contribution >= 0.6 is 0 Å². The van der Waals surface area contributed by atoms with Crippen LogP contribution in [0.25, 0.3) is 10.9 Å². The number of aryl methyl sites for hydroxylation is 1. The lowest BCUT2D eigenvalue weighted by Crippen LogP contribution is -2.15. The summed E-state index contributed by atoms with van der Waals surface area (Å²) in [5.74, 6) is 1.17. The predicted octanol–water partition coefficient (Wildman–Crippen LogP) is 2.84. The Kier molecular flexibility index (Phi) is 3.89. The third-order valence-corrected chi connectivity index (χ3v) is 3.73. The van der Waals surface area contributed by atoms with Crippen molar-refractivity contribution in [3.8, 4) is 11.5 Å². The highest BCUT2D eigenvalue weighted by molar-refractivity contribution is 6.08. The van der Waals surface area contributed by atoms with Crippen LogP contribution < -0.4 is 14.8 Å². The Labute approximate surface area is 133 Å². The van der Waals surface area contributed by atoms with Crippen LogP contribution in [-0.4, -0.2) is 29.7 Å². The lowest BCUT2D eigenvalue weighted by atomic mass is 10.2. The SMILES string of the molecule is COc1ccc(OC)c2c1cc(C(=O)Nc1ccncc1)n2C. The molecule has 0 saturated carbocycles.